The smallest absolute Gasteiger partial charge is 0.311 e. The number of carboxylic acids is 1. The third kappa shape index (κ3) is 2.93. The molecule has 1 fully saturated rings. The summed E-state index contributed by atoms with van der Waals surface area (Å²) < 4.78 is 5.32. The Morgan fingerprint density at radius 2 is 1.86 bits per heavy atom. The quantitative estimate of drug-likeness (QED) is 0.932. The molecular weight excluding hydrogens is 282 g/mol. The van der Waals surface area contributed by atoms with Crippen molar-refractivity contribution in [3.8, 4) is 5.75 Å². The standard InChI is InChI=1S/C17H23NO4/c1-11-8-13(9-12(2)14(11)22-4)15(19)18-7-5-6-17(3,10-18)16(20)21/h8-9H,5-7,10H2,1-4H3,(H,20,21). The minimum Gasteiger partial charge on any atom is -0.496 e. The Kier molecular flexibility index (Phi) is 4.44. The van der Waals surface area contributed by atoms with Crippen LogP contribution in [0.4, 0.5) is 0 Å². The van der Waals surface area contributed by atoms with Gasteiger partial charge in [-0.25, -0.2) is 0 Å². The zero-order chi connectivity index (χ0) is 16.5. The fourth-order valence-corrected chi connectivity index (χ4v) is 3.17. The Balaban J connectivity index is 2.27. The number of hydrogen-bond acceptors (Lipinski definition) is 3. The Morgan fingerprint density at radius 1 is 1.27 bits per heavy atom. The number of hydrogen-bond donors (Lipinski definition) is 1. The number of aliphatic carboxylic acids is 1. The number of piperidine rings is 1. The van der Waals surface area contributed by atoms with E-state index in [1.165, 1.54) is 0 Å². The van der Waals surface area contributed by atoms with E-state index in [1.807, 2.05) is 13.8 Å². The van der Waals surface area contributed by atoms with Crippen LogP contribution in [0.1, 0.15) is 41.3 Å². The number of nitrogens with zero attached hydrogens (tertiary/aromatic N) is 1. The van der Waals surface area contributed by atoms with E-state index in [2.05, 4.69) is 0 Å². The molecule has 0 saturated carbocycles. The summed E-state index contributed by atoms with van der Waals surface area (Å²) in [5, 5.41) is 9.37. The first-order valence-corrected chi connectivity index (χ1v) is 7.46. The molecule has 0 aliphatic carbocycles. The molecule has 1 aromatic rings. The molecule has 1 saturated heterocycles. The predicted octanol–water partition coefficient (Wildman–Crippen LogP) is 2.64. The zero-order valence-corrected chi connectivity index (χ0v) is 13.6. The normalized spacial score (nSPS) is 21.5. The molecule has 120 valence electrons. The molecule has 1 atom stereocenters. The number of amides is 1. The molecule has 5 nitrogen and oxygen atoms in total. The number of rotatable bonds is 3. The Labute approximate surface area is 130 Å². The molecule has 0 radical (unpaired) electrons. The fraction of sp³-hybridized carbons (Fsp3) is 0.529. The average molecular weight is 305 g/mol. The number of ether oxygens (including phenoxy) is 1. The number of methoxy groups -OCH3 is 1. The topological polar surface area (TPSA) is 66.8 Å². The van der Waals surface area contributed by atoms with Crippen LogP contribution in [0.2, 0.25) is 0 Å². The molecule has 0 spiro atoms. The zero-order valence-electron chi connectivity index (χ0n) is 13.6. The van der Waals surface area contributed by atoms with Crippen LogP contribution in [0.3, 0.4) is 0 Å². The van der Waals surface area contributed by atoms with E-state index >= 15 is 0 Å². The Hall–Kier alpha value is -2.04. The van der Waals surface area contributed by atoms with Crippen molar-refractivity contribution in [1.82, 2.24) is 4.90 Å². The van der Waals surface area contributed by atoms with Crippen molar-refractivity contribution in [3.63, 3.8) is 0 Å². The van der Waals surface area contributed by atoms with E-state index < -0.39 is 11.4 Å². The van der Waals surface area contributed by atoms with Crippen molar-refractivity contribution in [2.45, 2.75) is 33.6 Å². The Morgan fingerprint density at radius 3 is 2.36 bits per heavy atom. The first kappa shape index (κ1) is 16.3. The average Bonchev–Trinajstić information content (AvgIpc) is 2.46. The lowest BCUT2D eigenvalue weighted by molar-refractivity contribution is -0.150. The van der Waals surface area contributed by atoms with Crippen molar-refractivity contribution < 1.29 is 19.4 Å². The largest absolute Gasteiger partial charge is 0.496 e. The minimum atomic E-state index is -0.857. The van der Waals surface area contributed by atoms with Gasteiger partial charge in [-0.05, 0) is 56.9 Å². The maximum Gasteiger partial charge on any atom is 0.311 e. The number of benzene rings is 1. The van der Waals surface area contributed by atoms with Gasteiger partial charge < -0.3 is 14.7 Å². The van der Waals surface area contributed by atoms with Gasteiger partial charge in [-0.2, -0.15) is 0 Å². The first-order valence-electron chi connectivity index (χ1n) is 7.46. The maximum absolute atomic E-state index is 12.7. The summed E-state index contributed by atoms with van der Waals surface area (Å²) >= 11 is 0. The summed E-state index contributed by atoms with van der Waals surface area (Å²) in [4.78, 5) is 25.8. The van der Waals surface area contributed by atoms with Gasteiger partial charge in [-0.3, -0.25) is 9.59 Å². The van der Waals surface area contributed by atoms with Crippen LogP contribution < -0.4 is 4.74 Å². The predicted molar refractivity (Wildman–Crippen MR) is 83.3 cm³/mol. The molecule has 1 aliphatic heterocycles. The van der Waals surface area contributed by atoms with Crippen LogP contribution in [0.5, 0.6) is 5.75 Å². The SMILES string of the molecule is COc1c(C)cc(C(=O)N2CCCC(C)(C(=O)O)C2)cc1C. The second-order valence-electron chi connectivity index (χ2n) is 6.34. The minimum absolute atomic E-state index is 0.110. The van der Waals surface area contributed by atoms with Gasteiger partial charge in [0.1, 0.15) is 5.75 Å². The summed E-state index contributed by atoms with van der Waals surface area (Å²) in [5.74, 6) is -0.168. The molecule has 1 unspecified atom stereocenters. The van der Waals surface area contributed by atoms with Gasteiger partial charge >= 0.3 is 5.97 Å². The van der Waals surface area contributed by atoms with E-state index in [1.54, 1.807) is 31.1 Å². The van der Waals surface area contributed by atoms with Crippen LogP contribution >= 0.6 is 0 Å². The van der Waals surface area contributed by atoms with Crippen LogP contribution in [-0.2, 0) is 4.79 Å². The van der Waals surface area contributed by atoms with Gasteiger partial charge in [0.25, 0.3) is 5.91 Å². The summed E-state index contributed by atoms with van der Waals surface area (Å²) in [7, 11) is 1.61. The molecule has 1 aromatic carbocycles. The van der Waals surface area contributed by atoms with Gasteiger partial charge in [0.2, 0.25) is 0 Å². The van der Waals surface area contributed by atoms with Gasteiger partial charge in [0, 0.05) is 18.7 Å². The molecule has 0 bridgehead atoms. The van der Waals surface area contributed by atoms with E-state index in [-0.39, 0.29) is 12.5 Å². The van der Waals surface area contributed by atoms with Gasteiger partial charge in [-0.15, -0.1) is 0 Å². The number of aryl methyl sites for hydroxylation is 2. The van der Waals surface area contributed by atoms with E-state index in [4.69, 9.17) is 4.74 Å². The third-order valence-corrected chi connectivity index (χ3v) is 4.41. The van der Waals surface area contributed by atoms with Crippen LogP contribution in [0.25, 0.3) is 0 Å². The lowest BCUT2D eigenvalue weighted by Gasteiger charge is -2.37. The molecule has 1 amide bonds. The van der Waals surface area contributed by atoms with E-state index in [9.17, 15) is 14.7 Å². The maximum atomic E-state index is 12.7. The number of likely N-dealkylation sites (tertiary alicyclic amines) is 1. The monoisotopic (exact) mass is 305 g/mol. The van der Waals surface area contributed by atoms with Crippen molar-refractivity contribution in [3.05, 3.63) is 28.8 Å². The number of carboxylic acid groups (broad SMARTS) is 1. The highest BCUT2D eigenvalue weighted by molar-refractivity contribution is 5.95. The fourth-order valence-electron chi connectivity index (χ4n) is 3.17. The molecule has 5 heteroatoms. The number of carbonyl (C=O) groups excluding carboxylic acids is 1. The highest BCUT2D eigenvalue weighted by Crippen LogP contribution is 2.31. The molecule has 2 rings (SSSR count). The van der Waals surface area contributed by atoms with Gasteiger partial charge in [0.15, 0.2) is 0 Å². The Bertz CT molecular complexity index is 588. The van der Waals surface area contributed by atoms with Crippen molar-refractivity contribution in [2.75, 3.05) is 20.2 Å². The van der Waals surface area contributed by atoms with Crippen LogP contribution in [-0.4, -0.2) is 42.1 Å². The highest BCUT2D eigenvalue weighted by atomic mass is 16.5. The highest BCUT2D eigenvalue weighted by Gasteiger charge is 2.39. The molecule has 0 aromatic heterocycles. The van der Waals surface area contributed by atoms with Crippen LogP contribution in [0, 0.1) is 19.3 Å². The molecule has 1 aliphatic rings. The number of carbonyl (C=O) groups is 2. The molecule has 22 heavy (non-hydrogen) atoms. The van der Waals surface area contributed by atoms with Crippen molar-refractivity contribution in [2.24, 2.45) is 5.41 Å². The molecule has 1 N–H and O–H groups in total. The lowest BCUT2D eigenvalue weighted by atomic mass is 9.82. The van der Waals surface area contributed by atoms with E-state index in [0.717, 1.165) is 16.9 Å². The summed E-state index contributed by atoms with van der Waals surface area (Å²) in [6, 6.07) is 3.61. The van der Waals surface area contributed by atoms with E-state index in [0.29, 0.717) is 24.9 Å². The summed E-state index contributed by atoms with van der Waals surface area (Å²) in [5.41, 5.74) is 1.54. The second kappa shape index (κ2) is 5.99. The van der Waals surface area contributed by atoms with Gasteiger partial charge in [-0.1, -0.05) is 0 Å². The molecular formula is C17H23NO4. The summed E-state index contributed by atoms with van der Waals surface area (Å²) in [6.07, 6.45) is 1.31. The van der Waals surface area contributed by atoms with Crippen molar-refractivity contribution in [1.29, 1.82) is 0 Å². The first-order chi connectivity index (χ1) is 10.3. The molecule has 1 heterocycles. The van der Waals surface area contributed by atoms with Crippen molar-refractivity contribution >= 4 is 11.9 Å². The van der Waals surface area contributed by atoms with Crippen LogP contribution in [0.15, 0.2) is 12.1 Å². The summed E-state index contributed by atoms with van der Waals surface area (Å²) in [6.45, 7) is 6.37. The second-order valence-corrected chi connectivity index (χ2v) is 6.34. The lowest BCUT2D eigenvalue weighted by Crippen LogP contribution is -2.48. The van der Waals surface area contributed by atoms with Gasteiger partial charge in [0.05, 0.1) is 12.5 Å². The third-order valence-electron chi connectivity index (χ3n) is 4.41.